The molecule has 90 valence electrons. The van der Waals surface area contributed by atoms with Crippen LogP contribution in [0.3, 0.4) is 0 Å². The van der Waals surface area contributed by atoms with Crippen molar-refractivity contribution >= 4 is 23.4 Å². The predicted octanol–water partition coefficient (Wildman–Crippen LogP) is 3.71. The number of hydrogen-bond donors (Lipinski definition) is 1. The van der Waals surface area contributed by atoms with Gasteiger partial charge in [-0.05, 0) is 30.4 Å². The van der Waals surface area contributed by atoms with Crippen molar-refractivity contribution in [2.24, 2.45) is 0 Å². The van der Waals surface area contributed by atoms with E-state index in [9.17, 15) is 4.39 Å². The Morgan fingerprint density at radius 3 is 2.88 bits per heavy atom. The lowest BCUT2D eigenvalue weighted by Crippen LogP contribution is -2.27. The van der Waals surface area contributed by atoms with Gasteiger partial charge in [-0.15, -0.1) is 0 Å². The summed E-state index contributed by atoms with van der Waals surface area (Å²) >= 11 is 7.61. The van der Waals surface area contributed by atoms with E-state index in [2.05, 4.69) is 19.2 Å². The van der Waals surface area contributed by atoms with Gasteiger partial charge in [0.15, 0.2) is 0 Å². The molecule has 0 aliphatic heterocycles. The minimum Gasteiger partial charge on any atom is -0.309 e. The Balaban J connectivity index is 2.39. The molecule has 0 saturated carbocycles. The summed E-state index contributed by atoms with van der Waals surface area (Å²) in [6, 6.07) is 5.29. The van der Waals surface area contributed by atoms with Gasteiger partial charge in [-0.25, -0.2) is 4.39 Å². The molecule has 0 heterocycles. The molecule has 1 nitrogen and oxygen atoms in total. The minimum absolute atomic E-state index is 0.190. The summed E-state index contributed by atoms with van der Waals surface area (Å²) < 4.78 is 12.9. The van der Waals surface area contributed by atoms with Crippen LogP contribution < -0.4 is 5.32 Å². The van der Waals surface area contributed by atoms with E-state index in [0.717, 1.165) is 23.6 Å². The quantitative estimate of drug-likeness (QED) is 0.838. The number of halogens is 2. The Hall–Kier alpha value is -0.250. The van der Waals surface area contributed by atoms with Gasteiger partial charge in [-0.2, -0.15) is 11.8 Å². The summed E-state index contributed by atoms with van der Waals surface area (Å²) in [5.41, 5.74) is 1.01. The largest absolute Gasteiger partial charge is 0.309 e. The Morgan fingerprint density at radius 2 is 2.25 bits per heavy atom. The average Bonchev–Trinajstić information content (AvgIpc) is 2.28. The van der Waals surface area contributed by atoms with Crippen LogP contribution in [-0.4, -0.2) is 17.5 Å². The van der Waals surface area contributed by atoms with Crippen molar-refractivity contribution < 1.29 is 4.39 Å². The fourth-order valence-electron chi connectivity index (χ4n) is 1.30. The van der Waals surface area contributed by atoms with Crippen LogP contribution in [0.1, 0.15) is 19.4 Å². The average molecular weight is 262 g/mol. The first kappa shape index (κ1) is 13.8. The van der Waals surface area contributed by atoms with Crippen LogP contribution >= 0.6 is 23.4 Å². The second-order valence-electron chi connectivity index (χ2n) is 3.69. The summed E-state index contributed by atoms with van der Waals surface area (Å²) in [5.74, 6) is 1.86. The molecule has 0 amide bonds. The minimum atomic E-state index is -0.361. The second kappa shape index (κ2) is 7.15. The first-order chi connectivity index (χ1) is 7.63. The predicted molar refractivity (Wildman–Crippen MR) is 70.7 cm³/mol. The number of nitrogens with one attached hydrogen (secondary N) is 1. The maximum Gasteiger partial charge on any atom is 0.141 e. The van der Waals surface area contributed by atoms with E-state index in [0.29, 0.717) is 6.04 Å². The van der Waals surface area contributed by atoms with E-state index in [1.165, 1.54) is 6.07 Å². The lowest BCUT2D eigenvalue weighted by Gasteiger charge is -2.13. The smallest absolute Gasteiger partial charge is 0.141 e. The molecular weight excluding hydrogens is 245 g/mol. The van der Waals surface area contributed by atoms with Gasteiger partial charge in [0, 0.05) is 18.3 Å². The van der Waals surface area contributed by atoms with Crippen molar-refractivity contribution in [2.75, 3.05) is 11.5 Å². The fraction of sp³-hybridized carbons (Fsp3) is 0.500. The molecule has 0 aliphatic rings. The van der Waals surface area contributed by atoms with Crippen molar-refractivity contribution in [1.29, 1.82) is 0 Å². The Bertz CT molecular complexity index is 333. The van der Waals surface area contributed by atoms with Crippen LogP contribution in [0.2, 0.25) is 5.02 Å². The van der Waals surface area contributed by atoms with Gasteiger partial charge in [0.1, 0.15) is 5.82 Å². The van der Waals surface area contributed by atoms with Crippen LogP contribution in [0.15, 0.2) is 18.2 Å². The summed E-state index contributed by atoms with van der Waals surface area (Å²) in [6.07, 6.45) is 0. The number of hydrogen-bond acceptors (Lipinski definition) is 2. The van der Waals surface area contributed by atoms with E-state index < -0.39 is 0 Å². The summed E-state index contributed by atoms with van der Waals surface area (Å²) in [5, 5.41) is 3.57. The lowest BCUT2D eigenvalue weighted by atomic mass is 10.2. The fourth-order valence-corrected chi connectivity index (χ4v) is 2.21. The third-order valence-electron chi connectivity index (χ3n) is 2.21. The van der Waals surface area contributed by atoms with E-state index in [1.807, 2.05) is 11.8 Å². The summed E-state index contributed by atoms with van der Waals surface area (Å²) in [4.78, 5) is 0. The van der Waals surface area contributed by atoms with Gasteiger partial charge in [0.25, 0.3) is 0 Å². The maximum atomic E-state index is 12.9. The molecule has 0 aromatic heterocycles. The van der Waals surface area contributed by atoms with Crippen LogP contribution in [0.4, 0.5) is 4.39 Å². The molecule has 1 rings (SSSR count). The number of rotatable bonds is 6. The molecule has 4 heteroatoms. The molecule has 0 radical (unpaired) electrons. The SMILES string of the molecule is CCSCC(C)NCc1ccc(F)c(Cl)c1. The van der Waals surface area contributed by atoms with Gasteiger partial charge in [-0.3, -0.25) is 0 Å². The van der Waals surface area contributed by atoms with Crippen LogP contribution in [0, 0.1) is 5.82 Å². The van der Waals surface area contributed by atoms with Gasteiger partial charge in [0.2, 0.25) is 0 Å². The zero-order valence-corrected chi connectivity index (χ0v) is 11.2. The van der Waals surface area contributed by atoms with Crippen molar-refractivity contribution in [3.63, 3.8) is 0 Å². The first-order valence-electron chi connectivity index (χ1n) is 5.38. The number of thioether (sulfide) groups is 1. The molecule has 1 aromatic rings. The zero-order valence-electron chi connectivity index (χ0n) is 9.59. The first-order valence-corrected chi connectivity index (χ1v) is 6.91. The maximum absolute atomic E-state index is 12.9. The van der Waals surface area contributed by atoms with E-state index in [4.69, 9.17) is 11.6 Å². The molecule has 0 spiro atoms. The second-order valence-corrected chi connectivity index (χ2v) is 5.42. The van der Waals surface area contributed by atoms with E-state index >= 15 is 0 Å². The highest BCUT2D eigenvalue weighted by atomic mass is 35.5. The number of benzene rings is 1. The third kappa shape index (κ3) is 4.73. The van der Waals surface area contributed by atoms with Crippen molar-refractivity contribution in [2.45, 2.75) is 26.4 Å². The zero-order chi connectivity index (χ0) is 12.0. The van der Waals surface area contributed by atoms with Crippen molar-refractivity contribution in [3.8, 4) is 0 Å². The standard InChI is InChI=1S/C12H17ClFNS/c1-3-16-8-9(2)15-7-10-4-5-12(14)11(13)6-10/h4-6,9,15H,3,7-8H2,1-2H3. The van der Waals surface area contributed by atoms with E-state index in [-0.39, 0.29) is 10.8 Å². The Morgan fingerprint density at radius 1 is 1.50 bits per heavy atom. The highest BCUT2D eigenvalue weighted by molar-refractivity contribution is 7.99. The molecule has 0 saturated heterocycles. The van der Waals surface area contributed by atoms with E-state index in [1.54, 1.807) is 12.1 Å². The third-order valence-corrected chi connectivity index (χ3v) is 3.64. The van der Waals surface area contributed by atoms with Gasteiger partial charge >= 0.3 is 0 Å². The normalized spacial score (nSPS) is 12.8. The molecule has 1 unspecified atom stereocenters. The molecular formula is C12H17ClFNS. The lowest BCUT2D eigenvalue weighted by molar-refractivity contribution is 0.592. The molecule has 0 aliphatic carbocycles. The van der Waals surface area contributed by atoms with Gasteiger partial charge in [0.05, 0.1) is 5.02 Å². The molecule has 16 heavy (non-hydrogen) atoms. The van der Waals surface area contributed by atoms with Crippen LogP contribution in [0.5, 0.6) is 0 Å². The van der Waals surface area contributed by atoms with Crippen molar-refractivity contribution in [3.05, 3.63) is 34.6 Å². The van der Waals surface area contributed by atoms with Gasteiger partial charge < -0.3 is 5.32 Å². The Kier molecular flexibility index (Phi) is 6.17. The Labute approximate surface area is 106 Å². The topological polar surface area (TPSA) is 12.0 Å². The molecule has 1 aromatic carbocycles. The van der Waals surface area contributed by atoms with Crippen LogP contribution in [-0.2, 0) is 6.54 Å². The highest BCUT2D eigenvalue weighted by Crippen LogP contribution is 2.16. The monoisotopic (exact) mass is 261 g/mol. The molecule has 0 fully saturated rings. The molecule has 0 bridgehead atoms. The van der Waals surface area contributed by atoms with Gasteiger partial charge in [-0.1, -0.05) is 24.6 Å². The molecule has 1 atom stereocenters. The molecule has 1 N–H and O–H groups in total. The summed E-state index contributed by atoms with van der Waals surface area (Å²) in [6.45, 7) is 5.02. The summed E-state index contributed by atoms with van der Waals surface area (Å²) in [7, 11) is 0. The highest BCUT2D eigenvalue weighted by Gasteiger charge is 2.03. The van der Waals surface area contributed by atoms with Crippen molar-refractivity contribution in [1.82, 2.24) is 5.32 Å². The van der Waals surface area contributed by atoms with Crippen LogP contribution in [0.25, 0.3) is 0 Å².